The van der Waals surface area contributed by atoms with Gasteiger partial charge < -0.3 is 14.8 Å². The lowest BCUT2D eigenvalue weighted by atomic mass is 9.97. The third-order valence-corrected chi connectivity index (χ3v) is 7.15. The molecule has 1 aliphatic heterocycles. The minimum Gasteiger partial charge on any atom is -0.316 e. The van der Waals surface area contributed by atoms with Crippen LogP contribution in [0, 0.1) is 10.1 Å². The number of unbranched alkanes of at least 4 members (excludes halogenated alkanes) is 1. The number of halogens is 1. The van der Waals surface area contributed by atoms with Crippen molar-refractivity contribution in [2.24, 2.45) is 0 Å². The molecule has 1 aromatic heterocycles. The predicted octanol–water partition coefficient (Wildman–Crippen LogP) is 6.81. The van der Waals surface area contributed by atoms with Crippen LogP contribution in [0.1, 0.15) is 37.1 Å². The van der Waals surface area contributed by atoms with Gasteiger partial charge in [-0.15, -0.1) is 0 Å². The quantitative estimate of drug-likeness (QED) is 0.190. The van der Waals surface area contributed by atoms with Gasteiger partial charge in [-0.05, 0) is 60.5 Å². The summed E-state index contributed by atoms with van der Waals surface area (Å²) in [6.07, 6.45) is 3.52. The van der Waals surface area contributed by atoms with Crippen molar-refractivity contribution in [1.82, 2.24) is 9.47 Å². The van der Waals surface area contributed by atoms with Gasteiger partial charge in [-0.2, -0.15) is 0 Å². The number of carbonyl (C=O) groups is 2. The molecule has 0 bridgehead atoms. The molecule has 3 aromatic carbocycles. The minimum absolute atomic E-state index is 0.0715. The summed E-state index contributed by atoms with van der Waals surface area (Å²) in [5.41, 5.74) is 3.76. The second-order valence-corrected chi connectivity index (χ2v) is 9.96. The van der Waals surface area contributed by atoms with Crippen LogP contribution >= 0.6 is 11.6 Å². The maximum atomic E-state index is 14.2. The van der Waals surface area contributed by atoms with Crippen molar-refractivity contribution in [3.8, 4) is 5.69 Å². The van der Waals surface area contributed by atoms with Gasteiger partial charge in [0.25, 0.3) is 5.69 Å². The average molecular weight is 558 g/mol. The number of nitro benzene ring substituents is 1. The molecule has 5 rings (SSSR count). The summed E-state index contributed by atoms with van der Waals surface area (Å²) in [4.78, 5) is 41.3. The summed E-state index contributed by atoms with van der Waals surface area (Å²) in [7, 11) is 0. The fourth-order valence-electron chi connectivity index (χ4n) is 4.93. The van der Waals surface area contributed by atoms with Gasteiger partial charge in [-0.25, -0.2) is 4.79 Å². The molecule has 4 aromatic rings. The molecular weight excluding hydrogens is 530 g/mol. The number of nitro groups is 1. The number of hydrogen-bond donors (Lipinski definition) is 1. The van der Waals surface area contributed by atoms with Gasteiger partial charge in [0.2, 0.25) is 5.91 Å². The van der Waals surface area contributed by atoms with Crippen LogP contribution in [-0.4, -0.2) is 39.4 Å². The number of fused-ring (bicyclic) bond motifs is 3. The fraction of sp³-hybridized carbons (Fsp3) is 0.200. The van der Waals surface area contributed by atoms with Gasteiger partial charge in [0.05, 0.1) is 22.0 Å². The highest BCUT2D eigenvalue weighted by Gasteiger charge is 2.37. The summed E-state index contributed by atoms with van der Waals surface area (Å²) in [6.45, 7) is 2.23. The highest BCUT2D eigenvalue weighted by molar-refractivity contribution is 6.30. The van der Waals surface area contributed by atoms with Crippen molar-refractivity contribution < 1.29 is 14.5 Å². The van der Waals surface area contributed by atoms with Crippen LogP contribution in [0.25, 0.3) is 5.69 Å². The molecule has 1 aliphatic rings. The van der Waals surface area contributed by atoms with Gasteiger partial charge in [0.1, 0.15) is 12.6 Å². The van der Waals surface area contributed by atoms with Crippen LogP contribution in [0.4, 0.5) is 21.9 Å². The van der Waals surface area contributed by atoms with Gasteiger partial charge in [-0.3, -0.25) is 19.8 Å². The number of urea groups is 1. The molecule has 2 heterocycles. The first-order chi connectivity index (χ1) is 19.4. The number of amides is 3. The zero-order valence-electron chi connectivity index (χ0n) is 21.9. The van der Waals surface area contributed by atoms with Gasteiger partial charge in [-0.1, -0.05) is 49.2 Å². The monoisotopic (exact) mass is 557 g/mol. The summed E-state index contributed by atoms with van der Waals surface area (Å²) in [5, 5.41) is 14.4. The first-order valence-electron chi connectivity index (χ1n) is 13.0. The van der Waals surface area contributed by atoms with Gasteiger partial charge in [0.15, 0.2) is 0 Å². The van der Waals surface area contributed by atoms with E-state index in [0.717, 1.165) is 29.1 Å². The molecule has 0 radical (unpaired) electrons. The van der Waals surface area contributed by atoms with Crippen LogP contribution in [-0.2, 0) is 4.79 Å². The Balaban J connectivity index is 1.47. The molecule has 3 amide bonds. The van der Waals surface area contributed by atoms with Crippen molar-refractivity contribution in [2.45, 2.75) is 25.8 Å². The van der Waals surface area contributed by atoms with Crippen molar-refractivity contribution in [2.75, 3.05) is 23.3 Å². The summed E-state index contributed by atoms with van der Waals surface area (Å²) >= 11 is 6.18. The maximum Gasteiger partial charge on any atom is 0.322 e. The largest absolute Gasteiger partial charge is 0.322 e. The molecule has 10 heteroatoms. The Labute approximate surface area is 236 Å². The Morgan fingerprint density at radius 2 is 1.68 bits per heavy atom. The first-order valence-corrected chi connectivity index (χ1v) is 13.4. The van der Waals surface area contributed by atoms with E-state index in [1.807, 2.05) is 61.7 Å². The van der Waals surface area contributed by atoms with E-state index in [1.54, 1.807) is 17.0 Å². The maximum absolute atomic E-state index is 14.2. The molecule has 1 N–H and O–H groups in total. The zero-order valence-corrected chi connectivity index (χ0v) is 22.6. The van der Waals surface area contributed by atoms with E-state index in [2.05, 4.69) is 9.88 Å². The SMILES string of the molecule is CCCCN(CC(=O)N1c2ccccc2-n2cccc2C1c1ccc(Cl)cc1)C(=O)Nc1ccc([N+](=O)[O-])cc1. The number of anilines is 2. The van der Waals surface area contributed by atoms with Crippen LogP contribution in [0.5, 0.6) is 0 Å². The standard InChI is InChI=1S/C30H28ClN5O4/c1-2-3-18-33(30(38)32-23-14-16-24(17-15-23)36(39)40)20-28(37)35-26-8-5-4-7-25(26)34-19-6-9-27(34)29(35)21-10-12-22(31)13-11-21/h4-17,19,29H,2-3,18,20H2,1H3,(H,32,38). The highest BCUT2D eigenvalue weighted by atomic mass is 35.5. The van der Waals surface area contributed by atoms with Gasteiger partial charge in [0, 0.05) is 35.6 Å². The first kappa shape index (κ1) is 27.0. The molecule has 9 nitrogen and oxygen atoms in total. The number of nitrogens with zero attached hydrogens (tertiary/aromatic N) is 4. The van der Waals surface area contributed by atoms with Crippen LogP contribution in [0.15, 0.2) is 91.1 Å². The molecule has 0 saturated carbocycles. The number of benzene rings is 3. The third kappa shape index (κ3) is 5.41. The van der Waals surface area contributed by atoms with E-state index >= 15 is 0 Å². The number of rotatable bonds is 8. The highest BCUT2D eigenvalue weighted by Crippen LogP contribution is 2.42. The number of carbonyl (C=O) groups excluding carboxylic acids is 2. The van der Waals surface area contributed by atoms with E-state index < -0.39 is 17.0 Å². The topological polar surface area (TPSA) is 101 Å². The summed E-state index contributed by atoms with van der Waals surface area (Å²) in [6, 6.07) is 23.8. The third-order valence-electron chi connectivity index (χ3n) is 6.90. The van der Waals surface area contributed by atoms with E-state index in [9.17, 15) is 19.7 Å². The van der Waals surface area contributed by atoms with Gasteiger partial charge >= 0.3 is 6.03 Å². The Morgan fingerprint density at radius 3 is 2.35 bits per heavy atom. The molecule has 0 spiro atoms. The molecule has 40 heavy (non-hydrogen) atoms. The van der Waals surface area contributed by atoms with Crippen molar-refractivity contribution in [1.29, 1.82) is 0 Å². The molecular formula is C30H28ClN5O4. The number of aromatic nitrogens is 1. The number of non-ortho nitro benzene ring substituents is 1. The molecule has 1 atom stereocenters. The Bertz CT molecular complexity index is 1530. The second kappa shape index (κ2) is 11.6. The lowest BCUT2D eigenvalue weighted by Gasteiger charge is -2.39. The van der Waals surface area contributed by atoms with E-state index in [1.165, 1.54) is 29.2 Å². The van der Waals surface area contributed by atoms with E-state index in [-0.39, 0.29) is 18.1 Å². The summed E-state index contributed by atoms with van der Waals surface area (Å²) < 4.78 is 2.08. The summed E-state index contributed by atoms with van der Waals surface area (Å²) in [5.74, 6) is -0.241. The van der Waals surface area contributed by atoms with Crippen molar-refractivity contribution in [3.05, 3.63) is 118 Å². The molecule has 1 unspecified atom stereocenters. The fourth-order valence-corrected chi connectivity index (χ4v) is 5.06. The lowest BCUT2D eigenvalue weighted by molar-refractivity contribution is -0.384. The average Bonchev–Trinajstić information content (AvgIpc) is 3.45. The van der Waals surface area contributed by atoms with E-state index in [0.29, 0.717) is 23.7 Å². The van der Waals surface area contributed by atoms with Crippen LogP contribution < -0.4 is 10.2 Å². The smallest absolute Gasteiger partial charge is 0.316 e. The normalized spacial score (nSPS) is 13.8. The molecule has 0 aliphatic carbocycles. The van der Waals surface area contributed by atoms with Crippen molar-refractivity contribution in [3.63, 3.8) is 0 Å². The Kier molecular flexibility index (Phi) is 7.84. The Hall–Kier alpha value is -4.63. The predicted molar refractivity (Wildman–Crippen MR) is 155 cm³/mol. The second-order valence-electron chi connectivity index (χ2n) is 9.52. The zero-order chi connectivity index (χ0) is 28.2. The number of nitrogens with one attached hydrogen (secondary N) is 1. The number of para-hydroxylation sites is 2. The number of hydrogen-bond acceptors (Lipinski definition) is 4. The van der Waals surface area contributed by atoms with E-state index in [4.69, 9.17) is 11.6 Å². The minimum atomic E-state index is -0.498. The van der Waals surface area contributed by atoms with Crippen LogP contribution in [0.2, 0.25) is 5.02 Å². The van der Waals surface area contributed by atoms with Crippen molar-refractivity contribution >= 4 is 40.6 Å². The Morgan fingerprint density at radius 1 is 0.975 bits per heavy atom. The molecule has 0 fully saturated rings. The molecule has 0 saturated heterocycles. The van der Waals surface area contributed by atoms with Crippen LogP contribution in [0.3, 0.4) is 0 Å². The lowest BCUT2D eigenvalue weighted by Crippen LogP contribution is -2.48. The molecule has 204 valence electrons.